The van der Waals surface area contributed by atoms with Crippen molar-refractivity contribution in [3.8, 4) is 0 Å². The van der Waals surface area contributed by atoms with Crippen molar-refractivity contribution < 1.29 is 9.18 Å². The van der Waals surface area contributed by atoms with E-state index >= 15 is 0 Å². The maximum absolute atomic E-state index is 14.1. The number of carbonyl (C=O) groups excluding carboxylic acids is 1. The number of carbonyl (C=O) groups is 1. The van der Waals surface area contributed by atoms with Crippen LogP contribution in [0.4, 0.5) is 21.6 Å². The van der Waals surface area contributed by atoms with Crippen LogP contribution in [0.3, 0.4) is 0 Å². The molecule has 3 rings (SSSR count). The summed E-state index contributed by atoms with van der Waals surface area (Å²) in [5.74, 6) is -0.801. The number of rotatable bonds is 4. The molecule has 5 nitrogen and oxygen atoms in total. The molecule has 0 atom stereocenters. The van der Waals surface area contributed by atoms with Crippen molar-refractivity contribution in [1.82, 2.24) is 9.97 Å². The highest BCUT2D eigenvalue weighted by Crippen LogP contribution is 2.28. The van der Waals surface area contributed by atoms with Gasteiger partial charge in [0.2, 0.25) is 5.91 Å². The van der Waals surface area contributed by atoms with Gasteiger partial charge >= 0.3 is 0 Å². The number of benzene rings is 2. The Morgan fingerprint density at radius 1 is 1.24 bits per heavy atom. The summed E-state index contributed by atoms with van der Waals surface area (Å²) in [6.45, 7) is 1.98. The summed E-state index contributed by atoms with van der Waals surface area (Å²) in [5, 5.41) is 6.20. The number of amides is 1. The Kier molecular flexibility index (Phi) is 6.12. The van der Waals surface area contributed by atoms with Crippen LogP contribution >= 0.6 is 24.0 Å². The fraction of sp³-hybridized carbons (Fsp3) is 0.118. The molecule has 1 heterocycles. The Hall–Kier alpha value is -2.44. The van der Waals surface area contributed by atoms with Gasteiger partial charge in [-0.25, -0.2) is 14.4 Å². The molecule has 130 valence electrons. The van der Waals surface area contributed by atoms with Crippen molar-refractivity contribution in [2.24, 2.45) is 0 Å². The first kappa shape index (κ1) is 18.9. The minimum absolute atomic E-state index is 0. The number of aryl methyl sites for hydroxylation is 1. The van der Waals surface area contributed by atoms with Crippen LogP contribution in [0.1, 0.15) is 5.56 Å². The molecule has 2 N–H and O–H groups in total. The maximum atomic E-state index is 14.1. The Bertz CT molecular complexity index is 920. The highest BCUT2D eigenvalue weighted by atomic mass is 35.5. The Balaban J connectivity index is 0.00000225. The lowest BCUT2D eigenvalue weighted by atomic mass is 10.2. The number of nitrogens with one attached hydrogen (secondary N) is 2. The third-order valence-corrected chi connectivity index (χ3v) is 3.64. The summed E-state index contributed by atoms with van der Waals surface area (Å²) in [6.07, 6.45) is 1.36. The molecule has 0 aliphatic carbocycles. The van der Waals surface area contributed by atoms with Gasteiger partial charge in [-0.2, -0.15) is 0 Å². The number of anilines is 3. The predicted octanol–water partition coefficient (Wildman–Crippen LogP) is 4.42. The quantitative estimate of drug-likeness (QED) is 0.657. The topological polar surface area (TPSA) is 66.9 Å². The van der Waals surface area contributed by atoms with E-state index in [0.717, 1.165) is 11.3 Å². The fourth-order valence-electron chi connectivity index (χ4n) is 2.32. The number of alkyl halides is 1. The number of hydrogen-bond acceptors (Lipinski definition) is 4. The number of halogens is 3. The molecular weight excluding hydrogens is 366 g/mol. The average Bonchev–Trinajstić information content (AvgIpc) is 2.56. The summed E-state index contributed by atoms with van der Waals surface area (Å²) < 4.78 is 14.1. The molecule has 1 amide bonds. The third-order valence-electron chi connectivity index (χ3n) is 3.40. The monoisotopic (exact) mass is 380 g/mol. The lowest BCUT2D eigenvalue weighted by molar-refractivity contribution is -0.113. The van der Waals surface area contributed by atoms with Crippen molar-refractivity contribution in [2.45, 2.75) is 6.92 Å². The molecule has 3 aromatic rings. The summed E-state index contributed by atoms with van der Waals surface area (Å²) >= 11 is 5.45. The van der Waals surface area contributed by atoms with E-state index in [1.807, 2.05) is 31.2 Å². The zero-order valence-corrected chi connectivity index (χ0v) is 14.8. The molecule has 0 saturated carbocycles. The molecule has 0 aliphatic rings. The molecule has 2 aromatic carbocycles. The van der Waals surface area contributed by atoms with E-state index in [1.54, 1.807) is 0 Å². The van der Waals surface area contributed by atoms with Crippen LogP contribution in [0.2, 0.25) is 0 Å². The predicted molar refractivity (Wildman–Crippen MR) is 101 cm³/mol. The molecule has 0 unspecified atom stereocenters. The second kappa shape index (κ2) is 8.09. The number of aromatic nitrogens is 2. The van der Waals surface area contributed by atoms with Gasteiger partial charge in [0, 0.05) is 17.1 Å². The van der Waals surface area contributed by atoms with Gasteiger partial charge in [-0.05, 0) is 30.7 Å². The average molecular weight is 381 g/mol. The van der Waals surface area contributed by atoms with Crippen LogP contribution in [0.15, 0.2) is 42.7 Å². The first-order chi connectivity index (χ1) is 11.6. The van der Waals surface area contributed by atoms with Gasteiger partial charge in [-0.15, -0.1) is 24.0 Å². The molecule has 0 bridgehead atoms. The van der Waals surface area contributed by atoms with Gasteiger partial charge < -0.3 is 10.6 Å². The van der Waals surface area contributed by atoms with E-state index in [2.05, 4.69) is 20.6 Å². The van der Waals surface area contributed by atoms with Gasteiger partial charge in [0.25, 0.3) is 0 Å². The first-order valence-electron chi connectivity index (χ1n) is 7.20. The van der Waals surface area contributed by atoms with Crippen molar-refractivity contribution in [3.05, 3.63) is 54.1 Å². The van der Waals surface area contributed by atoms with E-state index in [4.69, 9.17) is 11.6 Å². The lowest BCUT2D eigenvalue weighted by Crippen LogP contribution is -2.13. The standard InChI is InChI=1S/C17H14ClFN4O.ClH/c1-10-3-2-4-11(5-10)22-17-12-6-15(23-16(24)8-18)13(19)7-14(12)20-9-21-17;/h2-7,9H,8H2,1H3,(H,23,24)(H,20,21,22);1H. The minimum atomic E-state index is -0.582. The summed E-state index contributed by atoms with van der Waals surface area (Å²) in [5.41, 5.74) is 2.42. The van der Waals surface area contributed by atoms with Crippen molar-refractivity contribution >= 4 is 58.0 Å². The largest absolute Gasteiger partial charge is 0.340 e. The molecule has 0 aliphatic heterocycles. The van der Waals surface area contributed by atoms with Gasteiger partial charge in [0.1, 0.15) is 23.8 Å². The highest BCUT2D eigenvalue weighted by Gasteiger charge is 2.12. The molecule has 0 spiro atoms. The molecule has 0 radical (unpaired) electrons. The maximum Gasteiger partial charge on any atom is 0.239 e. The highest BCUT2D eigenvalue weighted by molar-refractivity contribution is 6.29. The second-order valence-corrected chi connectivity index (χ2v) is 5.52. The van der Waals surface area contributed by atoms with E-state index in [9.17, 15) is 9.18 Å². The van der Waals surface area contributed by atoms with Crippen LogP contribution in [0.25, 0.3) is 10.9 Å². The molecule has 8 heteroatoms. The molecule has 25 heavy (non-hydrogen) atoms. The van der Waals surface area contributed by atoms with E-state index in [0.29, 0.717) is 16.7 Å². The second-order valence-electron chi connectivity index (χ2n) is 5.25. The van der Waals surface area contributed by atoms with E-state index in [1.165, 1.54) is 18.5 Å². The Morgan fingerprint density at radius 2 is 2.04 bits per heavy atom. The summed E-state index contributed by atoms with van der Waals surface area (Å²) in [4.78, 5) is 19.7. The van der Waals surface area contributed by atoms with Gasteiger partial charge in [0.15, 0.2) is 0 Å². The normalized spacial score (nSPS) is 10.2. The van der Waals surface area contributed by atoms with Crippen LogP contribution in [0.5, 0.6) is 0 Å². The summed E-state index contributed by atoms with van der Waals surface area (Å²) in [7, 11) is 0. The van der Waals surface area contributed by atoms with Gasteiger partial charge in [-0.1, -0.05) is 12.1 Å². The minimum Gasteiger partial charge on any atom is -0.340 e. The van der Waals surface area contributed by atoms with Crippen LogP contribution in [-0.2, 0) is 4.79 Å². The summed E-state index contributed by atoms with van der Waals surface area (Å²) in [6, 6.07) is 10.5. The zero-order chi connectivity index (χ0) is 17.1. The molecule has 0 fully saturated rings. The van der Waals surface area contributed by atoms with Crippen LogP contribution in [0, 0.1) is 12.7 Å². The molecule has 1 aromatic heterocycles. The Labute approximate surface area is 155 Å². The SMILES string of the molecule is Cc1cccc(Nc2ncnc3cc(F)c(NC(=O)CCl)cc23)c1.Cl. The van der Waals surface area contributed by atoms with Crippen molar-refractivity contribution in [2.75, 3.05) is 16.5 Å². The van der Waals surface area contributed by atoms with Crippen LogP contribution in [-0.4, -0.2) is 21.8 Å². The van der Waals surface area contributed by atoms with Crippen LogP contribution < -0.4 is 10.6 Å². The number of nitrogens with zero attached hydrogens (tertiary/aromatic N) is 2. The molecular formula is C17H15Cl2FN4O. The van der Waals surface area contributed by atoms with E-state index in [-0.39, 0.29) is 24.0 Å². The van der Waals surface area contributed by atoms with Crippen molar-refractivity contribution in [1.29, 1.82) is 0 Å². The smallest absolute Gasteiger partial charge is 0.239 e. The third kappa shape index (κ3) is 4.35. The Morgan fingerprint density at radius 3 is 2.76 bits per heavy atom. The first-order valence-corrected chi connectivity index (χ1v) is 7.74. The van der Waals surface area contributed by atoms with E-state index < -0.39 is 11.7 Å². The van der Waals surface area contributed by atoms with Crippen molar-refractivity contribution in [3.63, 3.8) is 0 Å². The molecule has 0 saturated heterocycles. The zero-order valence-electron chi connectivity index (χ0n) is 13.2. The fourth-order valence-corrected chi connectivity index (χ4v) is 2.38. The van der Waals surface area contributed by atoms with Gasteiger partial charge in [0.05, 0.1) is 11.2 Å². The lowest BCUT2D eigenvalue weighted by Gasteiger charge is -2.11. The number of fused-ring (bicyclic) bond motifs is 1. The van der Waals surface area contributed by atoms with Gasteiger partial charge in [-0.3, -0.25) is 4.79 Å². The number of hydrogen-bond donors (Lipinski definition) is 2.